The number of nitrogens with zero attached hydrogens (tertiary/aromatic N) is 1. The van der Waals surface area contributed by atoms with Crippen LogP contribution in [0.3, 0.4) is 0 Å². The summed E-state index contributed by atoms with van der Waals surface area (Å²) in [6.45, 7) is 4.97. The van der Waals surface area contributed by atoms with Crippen molar-refractivity contribution in [2.75, 3.05) is 6.54 Å². The zero-order valence-corrected chi connectivity index (χ0v) is 14.6. The summed E-state index contributed by atoms with van der Waals surface area (Å²) in [6, 6.07) is 7.99. The Kier molecular flexibility index (Phi) is 5.36. The third-order valence-corrected chi connectivity index (χ3v) is 4.51. The Labute approximate surface area is 144 Å². The maximum absolute atomic E-state index is 12.0. The summed E-state index contributed by atoms with van der Waals surface area (Å²) in [6.07, 6.45) is 0. The van der Waals surface area contributed by atoms with Gasteiger partial charge in [-0.25, -0.2) is 9.78 Å². The Morgan fingerprint density at radius 1 is 1.29 bits per heavy atom. The minimum absolute atomic E-state index is 0.198. The first-order chi connectivity index (χ1) is 11.2. The second kappa shape index (κ2) is 7.11. The molecular formula is C17H20N2O4S. The minimum Gasteiger partial charge on any atom is -0.479 e. The van der Waals surface area contributed by atoms with Crippen molar-refractivity contribution in [3.63, 3.8) is 0 Å². The van der Waals surface area contributed by atoms with E-state index in [1.807, 2.05) is 24.3 Å². The summed E-state index contributed by atoms with van der Waals surface area (Å²) >= 11 is 1.33. The summed E-state index contributed by atoms with van der Waals surface area (Å²) in [5.41, 5.74) is 0.329. The van der Waals surface area contributed by atoms with Crippen LogP contribution in [0.2, 0.25) is 0 Å². The van der Waals surface area contributed by atoms with Crippen molar-refractivity contribution in [3.05, 3.63) is 40.9 Å². The number of carbonyl (C=O) groups excluding carboxylic acids is 1. The molecule has 0 fully saturated rings. The molecule has 24 heavy (non-hydrogen) atoms. The number of hydrogen-bond acceptors (Lipinski definition) is 5. The van der Waals surface area contributed by atoms with E-state index in [1.54, 1.807) is 5.38 Å². The number of carbonyl (C=O) groups is 2. The number of aliphatic carboxylic acids is 1. The van der Waals surface area contributed by atoms with Gasteiger partial charge in [-0.2, -0.15) is 0 Å². The van der Waals surface area contributed by atoms with E-state index in [1.165, 1.54) is 16.9 Å². The number of aromatic nitrogens is 1. The number of carboxylic acids is 1. The Hall–Kier alpha value is -2.25. The normalized spacial score (nSPS) is 13.5. The van der Waals surface area contributed by atoms with Gasteiger partial charge in [0.05, 0.1) is 6.54 Å². The topological polar surface area (TPSA) is 99.5 Å². The lowest BCUT2D eigenvalue weighted by atomic mass is 10.0. The van der Waals surface area contributed by atoms with Gasteiger partial charge < -0.3 is 15.5 Å². The zero-order valence-electron chi connectivity index (χ0n) is 13.7. The van der Waals surface area contributed by atoms with Gasteiger partial charge in [0.1, 0.15) is 10.7 Å². The van der Waals surface area contributed by atoms with Crippen LogP contribution in [0, 0.1) is 0 Å². The number of aliphatic hydroxyl groups is 1. The number of hydrogen-bond donors (Lipinski definition) is 3. The van der Waals surface area contributed by atoms with E-state index in [2.05, 4.69) is 24.1 Å². The summed E-state index contributed by atoms with van der Waals surface area (Å²) in [5, 5.41) is 23.1. The molecule has 0 radical (unpaired) electrons. The van der Waals surface area contributed by atoms with Crippen molar-refractivity contribution in [2.45, 2.75) is 32.3 Å². The Balaban J connectivity index is 2.07. The molecule has 0 saturated heterocycles. The molecule has 1 heterocycles. The van der Waals surface area contributed by atoms with Gasteiger partial charge in [-0.05, 0) is 18.4 Å². The average molecular weight is 348 g/mol. The van der Waals surface area contributed by atoms with Crippen LogP contribution in [0.1, 0.15) is 42.7 Å². The van der Waals surface area contributed by atoms with Crippen molar-refractivity contribution < 1.29 is 19.8 Å². The van der Waals surface area contributed by atoms with Gasteiger partial charge in [0.15, 0.2) is 5.60 Å². The van der Waals surface area contributed by atoms with E-state index in [0.29, 0.717) is 10.9 Å². The standard InChI is InChI=1S/C17H20N2O4S/c1-10(2)11-4-6-12(7-5-11)15-19-13(8-24-15)14(20)18-9-17(3,23)16(21)22/h4-8,10,23H,9H2,1-3H3,(H,18,20)(H,21,22). The summed E-state index contributed by atoms with van der Waals surface area (Å²) < 4.78 is 0. The quantitative estimate of drug-likeness (QED) is 0.745. The van der Waals surface area contributed by atoms with E-state index in [9.17, 15) is 14.7 Å². The van der Waals surface area contributed by atoms with Crippen LogP contribution in [-0.4, -0.2) is 39.2 Å². The average Bonchev–Trinajstić information content (AvgIpc) is 3.02. The van der Waals surface area contributed by atoms with E-state index in [0.717, 1.165) is 12.5 Å². The highest BCUT2D eigenvalue weighted by Crippen LogP contribution is 2.25. The first-order valence-corrected chi connectivity index (χ1v) is 8.38. The summed E-state index contributed by atoms with van der Waals surface area (Å²) in [7, 11) is 0. The lowest BCUT2D eigenvalue weighted by Gasteiger charge is -2.17. The maximum Gasteiger partial charge on any atom is 0.337 e. The lowest BCUT2D eigenvalue weighted by molar-refractivity contribution is -0.155. The van der Waals surface area contributed by atoms with Crippen LogP contribution in [-0.2, 0) is 4.79 Å². The largest absolute Gasteiger partial charge is 0.479 e. The summed E-state index contributed by atoms with van der Waals surface area (Å²) in [5.74, 6) is -1.47. The van der Waals surface area contributed by atoms with Crippen LogP contribution in [0.5, 0.6) is 0 Å². The SMILES string of the molecule is CC(C)c1ccc(-c2nc(C(=O)NCC(C)(O)C(=O)O)cs2)cc1. The molecule has 6 nitrogen and oxygen atoms in total. The molecule has 3 N–H and O–H groups in total. The second-order valence-corrected chi connectivity index (χ2v) is 6.93. The fourth-order valence-electron chi connectivity index (χ4n) is 1.94. The molecule has 128 valence electrons. The highest BCUT2D eigenvalue weighted by atomic mass is 32.1. The number of benzene rings is 1. The fraction of sp³-hybridized carbons (Fsp3) is 0.353. The molecule has 2 aromatic rings. The predicted molar refractivity (Wildman–Crippen MR) is 92.2 cm³/mol. The van der Waals surface area contributed by atoms with Crippen molar-refractivity contribution in [1.29, 1.82) is 0 Å². The molecule has 0 bridgehead atoms. The number of rotatable bonds is 6. The van der Waals surface area contributed by atoms with Gasteiger partial charge in [0.2, 0.25) is 0 Å². The van der Waals surface area contributed by atoms with Gasteiger partial charge in [-0.15, -0.1) is 11.3 Å². The van der Waals surface area contributed by atoms with Gasteiger partial charge in [-0.1, -0.05) is 38.1 Å². The highest BCUT2D eigenvalue weighted by molar-refractivity contribution is 7.13. The first kappa shape index (κ1) is 18.1. The Morgan fingerprint density at radius 2 is 1.92 bits per heavy atom. The molecule has 1 atom stereocenters. The summed E-state index contributed by atoms with van der Waals surface area (Å²) in [4.78, 5) is 27.1. The second-order valence-electron chi connectivity index (χ2n) is 6.08. The number of carboxylic acid groups (broad SMARTS) is 1. The van der Waals surface area contributed by atoms with Crippen LogP contribution < -0.4 is 5.32 Å². The van der Waals surface area contributed by atoms with Crippen LogP contribution >= 0.6 is 11.3 Å². The van der Waals surface area contributed by atoms with Gasteiger partial charge in [-0.3, -0.25) is 4.79 Å². The Bertz CT molecular complexity index is 735. The molecule has 0 aliphatic carbocycles. The number of thiazole rings is 1. The molecule has 1 aromatic carbocycles. The van der Waals surface area contributed by atoms with Crippen LogP contribution in [0.4, 0.5) is 0 Å². The van der Waals surface area contributed by atoms with Crippen LogP contribution in [0.25, 0.3) is 10.6 Å². The maximum atomic E-state index is 12.0. The van der Waals surface area contributed by atoms with E-state index < -0.39 is 24.0 Å². The third-order valence-electron chi connectivity index (χ3n) is 3.62. The van der Waals surface area contributed by atoms with Crippen LogP contribution in [0.15, 0.2) is 29.6 Å². The molecule has 1 unspecified atom stereocenters. The number of nitrogens with one attached hydrogen (secondary N) is 1. The van der Waals surface area contributed by atoms with Gasteiger partial charge in [0, 0.05) is 10.9 Å². The molecule has 2 rings (SSSR count). The van der Waals surface area contributed by atoms with E-state index in [4.69, 9.17) is 5.11 Å². The third kappa shape index (κ3) is 4.18. The van der Waals surface area contributed by atoms with Crippen molar-refractivity contribution in [2.24, 2.45) is 0 Å². The fourth-order valence-corrected chi connectivity index (χ4v) is 2.75. The molecule has 0 aliphatic heterocycles. The van der Waals surface area contributed by atoms with Crippen molar-refractivity contribution in [3.8, 4) is 10.6 Å². The van der Waals surface area contributed by atoms with Crippen molar-refractivity contribution in [1.82, 2.24) is 10.3 Å². The molecule has 0 spiro atoms. The smallest absolute Gasteiger partial charge is 0.337 e. The number of amides is 1. The lowest BCUT2D eigenvalue weighted by Crippen LogP contribution is -2.46. The Morgan fingerprint density at radius 3 is 2.46 bits per heavy atom. The van der Waals surface area contributed by atoms with Gasteiger partial charge >= 0.3 is 5.97 Å². The zero-order chi connectivity index (χ0) is 17.9. The van der Waals surface area contributed by atoms with E-state index in [-0.39, 0.29) is 5.69 Å². The molecule has 7 heteroatoms. The van der Waals surface area contributed by atoms with Gasteiger partial charge in [0.25, 0.3) is 5.91 Å². The minimum atomic E-state index is -2.01. The highest BCUT2D eigenvalue weighted by Gasteiger charge is 2.30. The van der Waals surface area contributed by atoms with E-state index >= 15 is 0 Å². The molecule has 1 amide bonds. The molecule has 0 aliphatic rings. The molecule has 1 aromatic heterocycles. The first-order valence-electron chi connectivity index (χ1n) is 7.50. The van der Waals surface area contributed by atoms with Crippen molar-refractivity contribution >= 4 is 23.2 Å². The monoisotopic (exact) mass is 348 g/mol. The molecule has 0 saturated carbocycles. The predicted octanol–water partition coefficient (Wildman–Crippen LogP) is 2.50. The molecular weight excluding hydrogens is 328 g/mol.